The van der Waals surface area contributed by atoms with Gasteiger partial charge in [-0.1, -0.05) is 0 Å². The molecule has 0 unspecified atom stereocenters. The molecular formula is C11H12F3NO3. The van der Waals surface area contributed by atoms with Gasteiger partial charge in [-0.25, -0.2) is 4.39 Å². The number of hydrogen-bond acceptors (Lipinski definition) is 4. The Labute approximate surface area is 101 Å². The average Bonchev–Trinajstić information content (AvgIpc) is 2.24. The van der Waals surface area contributed by atoms with Gasteiger partial charge in [0.1, 0.15) is 0 Å². The van der Waals surface area contributed by atoms with Gasteiger partial charge in [-0.05, 0) is 13.0 Å². The molecule has 7 heteroatoms. The molecule has 4 nitrogen and oxygen atoms in total. The molecular weight excluding hydrogens is 251 g/mol. The number of esters is 1. The zero-order valence-corrected chi connectivity index (χ0v) is 9.58. The van der Waals surface area contributed by atoms with Crippen LogP contribution in [0.4, 0.5) is 18.9 Å². The highest BCUT2D eigenvalue weighted by molar-refractivity contribution is 5.73. The molecule has 0 amide bonds. The molecule has 0 spiro atoms. The van der Waals surface area contributed by atoms with E-state index < -0.39 is 30.6 Å². The van der Waals surface area contributed by atoms with Gasteiger partial charge in [0.25, 0.3) is 0 Å². The Bertz CT molecular complexity index is 438. The summed E-state index contributed by atoms with van der Waals surface area (Å²) in [6.45, 7) is -1.43. The first kappa shape index (κ1) is 14.1. The number of alkyl halides is 2. The highest BCUT2D eigenvalue weighted by atomic mass is 19.3. The van der Waals surface area contributed by atoms with Gasteiger partial charge in [-0.15, -0.1) is 0 Å². The zero-order chi connectivity index (χ0) is 13.7. The fourth-order valence-electron chi connectivity index (χ4n) is 1.36. The zero-order valence-electron chi connectivity index (χ0n) is 9.58. The standard InChI is InChI=1S/C11H12F3NO3/c1-2-17-9(16)4-6-3-7(15)5-8(10(6)12)18-11(13)14/h3,5,11H,2,4,15H2,1H3. The first-order valence-electron chi connectivity index (χ1n) is 5.12. The second kappa shape index (κ2) is 6.13. The third-order valence-corrected chi connectivity index (χ3v) is 1.99. The van der Waals surface area contributed by atoms with Crippen molar-refractivity contribution in [3.63, 3.8) is 0 Å². The Balaban J connectivity index is 2.97. The van der Waals surface area contributed by atoms with E-state index in [2.05, 4.69) is 9.47 Å². The summed E-state index contributed by atoms with van der Waals surface area (Å²) in [7, 11) is 0. The minimum atomic E-state index is -3.17. The minimum Gasteiger partial charge on any atom is -0.466 e. The highest BCUT2D eigenvalue weighted by Gasteiger charge is 2.17. The molecule has 1 rings (SSSR count). The summed E-state index contributed by atoms with van der Waals surface area (Å²) in [4.78, 5) is 11.2. The number of carbonyl (C=O) groups is 1. The van der Waals surface area contributed by atoms with Gasteiger partial charge < -0.3 is 15.2 Å². The van der Waals surface area contributed by atoms with Crippen molar-refractivity contribution in [2.24, 2.45) is 0 Å². The Hall–Kier alpha value is -1.92. The molecule has 0 radical (unpaired) electrons. The lowest BCUT2D eigenvalue weighted by atomic mass is 10.1. The maximum absolute atomic E-state index is 13.7. The fraction of sp³-hybridized carbons (Fsp3) is 0.364. The number of nitrogen functional groups attached to an aromatic ring is 1. The van der Waals surface area contributed by atoms with Crippen molar-refractivity contribution in [1.29, 1.82) is 0 Å². The van der Waals surface area contributed by atoms with Gasteiger partial charge in [-0.2, -0.15) is 8.78 Å². The van der Waals surface area contributed by atoms with Crippen LogP contribution in [0.1, 0.15) is 12.5 Å². The quantitative estimate of drug-likeness (QED) is 0.653. The van der Waals surface area contributed by atoms with E-state index in [0.717, 1.165) is 6.07 Å². The van der Waals surface area contributed by atoms with Crippen LogP contribution in [-0.4, -0.2) is 19.2 Å². The number of hydrogen-bond donors (Lipinski definition) is 1. The molecule has 0 aromatic heterocycles. The van der Waals surface area contributed by atoms with Crippen molar-refractivity contribution in [2.45, 2.75) is 20.0 Å². The van der Waals surface area contributed by atoms with Crippen LogP contribution in [-0.2, 0) is 16.0 Å². The lowest BCUT2D eigenvalue weighted by Crippen LogP contribution is -2.11. The van der Waals surface area contributed by atoms with Crippen molar-refractivity contribution >= 4 is 11.7 Å². The molecule has 2 N–H and O–H groups in total. The maximum Gasteiger partial charge on any atom is 0.387 e. The molecule has 1 aromatic rings. The molecule has 100 valence electrons. The van der Waals surface area contributed by atoms with Gasteiger partial charge in [0.15, 0.2) is 11.6 Å². The minimum absolute atomic E-state index is 0.0198. The second-order valence-electron chi connectivity index (χ2n) is 3.35. The Morgan fingerprint density at radius 3 is 2.67 bits per heavy atom. The lowest BCUT2D eigenvalue weighted by Gasteiger charge is -2.10. The number of nitrogens with two attached hydrogens (primary N) is 1. The molecule has 0 aliphatic heterocycles. The molecule has 0 atom stereocenters. The fourth-order valence-corrected chi connectivity index (χ4v) is 1.36. The van der Waals surface area contributed by atoms with Crippen LogP contribution in [0.5, 0.6) is 5.75 Å². The number of ether oxygens (including phenoxy) is 2. The highest BCUT2D eigenvalue weighted by Crippen LogP contribution is 2.26. The average molecular weight is 263 g/mol. The third kappa shape index (κ3) is 3.83. The number of halogens is 3. The summed E-state index contributed by atoms with van der Waals surface area (Å²) >= 11 is 0. The molecule has 18 heavy (non-hydrogen) atoms. The van der Waals surface area contributed by atoms with Gasteiger partial charge >= 0.3 is 12.6 Å². The van der Waals surface area contributed by atoms with Gasteiger partial charge in [0.2, 0.25) is 0 Å². The molecule has 0 aliphatic carbocycles. The number of carbonyl (C=O) groups excluding carboxylic acids is 1. The van der Waals surface area contributed by atoms with E-state index in [1.165, 1.54) is 6.07 Å². The molecule has 0 bridgehead atoms. The van der Waals surface area contributed by atoms with E-state index >= 15 is 0 Å². The third-order valence-electron chi connectivity index (χ3n) is 1.99. The van der Waals surface area contributed by atoms with Crippen molar-refractivity contribution in [2.75, 3.05) is 12.3 Å². The van der Waals surface area contributed by atoms with Crippen LogP contribution in [0, 0.1) is 5.82 Å². The number of anilines is 1. The normalized spacial score (nSPS) is 10.5. The van der Waals surface area contributed by atoms with Crippen molar-refractivity contribution in [3.05, 3.63) is 23.5 Å². The Morgan fingerprint density at radius 1 is 1.44 bits per heavy atom. The van der Waals surface area contributed by atoms with Crippen LogP contribution in [0.3, 0.4) is 0 Å². The Morgan fingerprint density at radius 2 is 2.11 bits per heavy atom. The van der Waals surface area contributed by atoms with Crippen molar-refractivity contribution in [1.82, 2.24) is 0 Å². The van der Waals surface area contributed by atoms with Crippen LogP contribution >= 0.6 is 0 Å². The van der Waals surface area contributed by atoms with E-state index in [-0.39, 0.29) is 17.9 Å². The van der Waals surface area contributed by atoms with Crippen LogP contribution < -0.4 is 10.5 Å². The van der Waals surface area contributed by atoms with E-state index in [0.29, 0.717) is 0 Å². The van der Waals surface area contributed by atoms with Gasteiger partial charge in [-0.3, -0.25) is 4.79 Å². The van der Waals surface area contributed by atoms with Gasteiger partial charge in [0.05, 0.1) is 13.0 Å². The van der Waals surface area contributed by atoms with E-state index in [9.17, 15) is 18.0 Å². The van der Waals surface area contributed by atoms with Crippen LogP contribution in [0.15, 0.2) is 12.1 Å². The molecule has 0 heterocycles. The van der Waals surface area contributed by atoms with Gasteiger partial charge in [0, 0.05) is 17.3 Å². The molecule has 0 saturated carbocycles. The topological polar surface area (TPSA) is 61.5 Å². The molecule has 0 fully saturated rings. The lowest BCUT2D eigenvalue weighted by molar-refractivity contribution is -0.142. The summed E-state index contributed by atoms with van der Waals surface area (Å²) < 4.78 is 46.3. The predicted octanol–water partition coefficient (Wildman–Crippen LogP) is 2.11. The number of benzene rings is 1. The molecule has 0 saturated heterocycles. The first-order valence-corrected chi connectivity index (χ1v) is 5.12. The van der Waals surface area contributed by atoms with Crippen LogP contribution in [0.2, 0.25) is 0 Å². The summed E-state index contributed by atoms with van der Waals surface area (Å²) in [6.07, 6.45) is -0.399. The second-order valence-corrected chi connectivity index (χ2v) is 3.35. The SMILES string of the molecule is CCOC(=O)Cc1cc(N)cc(OC(F)F)c1F. The van der Waals surface area contributed by atoms with E-state index in [1.807, 2.05) is 0 Å². The molecule has 1 aromatic carbocycles. The van der Waals surface area contributed by atoms with Crippen molar-refractivity contribution in [3.8, 4) is 5.75 Å². The summed E-state index contributed by atoms with van der Waals surface area (Å²) in [5.41, 5.74) is 5.28. The smallest absolute Gasteiger partial charge is 0.387 e. The predicted molar refractivity (Wildman–Crippen MR) is 57.8 cm³/mol. The van der Waals surface area contributed by atoms with E-state index in [4.69, 9.17) is 5.73 Å². The largest absolute Gasteiger partial charge is 0.466 e. The van der Waals surface area contributed by atoms with Crippen LogP contribution in [0.25, 0.3) is 0 Å². The first-order chi connectivity index (χ1) is 8.43. The van der Waals surface area contributed by atoms with Crippen molar-refractivity contribution < 1.29 is 27.4 Å². The monoisotopic (exact) mass is 263 g/mol. The number of rotatable bonds is 5. The summed E-state index contributed by atoms with van der Waals surface area (Å²) in [5.74, 6) is -2.41. The molecule has 0 aliphatic rings. The van der Waals surface area contributed by atoms with E-state index in [1.54, 1.807) is 6.92 Å². The summed E-state index contributed by atoms with van der Waals surface area (Å²) in [6, 6.07) is 2.10. The Kier molecular flexibility index (Phi) is 4.82. The summed E-state index contributed by atoms with van der Waals surface area (Å²) in [5, 5.41) is 0. The maximum atomic E-state index is 13.7.